The summed E-state index contributed by atoms with van der Waals surface area (Å²) in [6.45, 7) is 1.27. The zero-order chi connectivity index (χ0) is 20.2. The summed E-state index contributed by atoms with van der Waals surface area (Å²) >= 11 is 0. The van der Waals surface area contributed by atoms with Crippen molar-refractivity contribution in [2.24, 2.45) is 0 Å². The van der Waals surface area contributed by atoms with E-state index in [-0.39, 0.29) is 0 Å². The predicted octanol–water partition coefficient (Wildman–Crippen LogP) is 3.02. The lowest BCUT2D eigenvalue weighted by Crippen LogP contribution is -2.41. The summed E-state index contributed by atoms with van der Waals surface area (Å²) in [6.07, 6.45) is -4.68. The molecule has 27 heavy (non-hydrogen) atoms. The van der Waals surface area contributed by atoms with E-state index >= 15 is 0 Å². The Morgan fingerprint density at radius 1 is 1.11 bits per heavy atom. The number of ether oxygens (including phenoxy) is 1. The van der Waals surface area contributed by atoms with Gasteiger partial charge in [-0.25, -0.2) is 8.42 Å². The number of alkyl halides is 3. The van der Waals surface area contributed by atoms with Gasteiger partial charge >= 0.3 is 6.18 Å². The van der Waals surface area contributed by atoms with E-state index < -0.39 is 38.6 Å². The maximum atomic E-state index is 12.8. The second-order valence-corrected chi connectivity index (χ2v) is 7.27. The lowest BCUT2D eigenvalue weighted by molar-refractivity contribution is -0.137. The van der Waals surface area contributed by atoms with E-state index in [0.29, 0.717) is 17.5 Å². The number of carbonyl (C=O) groups is 1. The summed E-state index contributed by atoms with van der Waals surface area (Å²) in [6, 6.07) is 8.53. The zero-order valence-electron chi connectivity index (χ0n) is 14.4. The van der Waals surface area contributed by atoms with Gasteiger partial charge in [0.15, 0.2) is 0 Å². The molecule has 0 spiro atoms. The molecule has 0 heterocycles. The van der Waals surface area contributed by atoms with Crippen LogP contribution in [-0.4, -0.2) is 27.5 Å². The standard InChI is InChI=1S/C17H17F3N2O4S/c1-11(16(23)21-14-8-3-4-9-15(14)26-2)22-27(24,25)13-7-5-6-12(10-13)17(18,19)20/h3-11,22H,1-2H3,(H,21,23). The Hall–Kier alpha value is -2.59. The van der Waals surface area contributed by atoms with Crippen LogP contribution in [0.25, 0.3) is 0 Å². The summed E-state index contributed by atoms with van der Waals surface area (Å²) < 4.78 is 70.1. The molecular formula is C17H17F3N2O4S. The second kappa shape index (κ2) is 7.97. The molecule has 0 aromatic heterocycles. The summed E-state index contributed by atoms with van der Waals surface area (Å²) in [4.78, 5) is 11.7. The largest absolute Gasteiger partial charge is 0.495 e. The highest BCUT2D eigenvalue weighted by Crippen LogP contribution is 2.30. The van der Waals surface area contributed by atoms with Crippen molar-refractivity contribution >= 4 is 21.6 Å². The lowest BCUT2D eigenvalue weighted by Gasteiger charge is -2.16. The highest BCUT2D eigenvalue weighted by molar-refractivity contribution is 7.89. The monoisotopic (exact) mass is 402 g/mol. The van der Waals surface area contributed by atoms with Crippen LogP contribution in [0.5, 0.6) is 5.75 Å². The van der Waals surface area contributed by atoms with Gasteiger partial charge in [-0.05, 0) is 37.3 Å². The van der Waals surface area contributed by atoms with Crippen LogP contribution in [0.2, 0.25) is 0 Å². The molecule has 10 heteroatoms. The number of hydrogen-bond acceptors (Lipinski definition) is 4. The number of halogens is 3. The Morgan fingerprint density at radius 3 is 2.41 bits per heavy atom. The van der Waals surface area contributed by atoms with Crippen LogP contribution in [0, 0.1) is 0 Å². The molecule has 0 bridgehead atoms. The van der Waals surface area contributed by atoms with Crippen LogP contribution in [0.1, 0.15) is 12.5 Å². The topological polar surface area (TPSA) is 84.5 Å². The SMILES string of the molecule is COc1ccccc1NC(=O)C(C)NS(=O)(=O)c1cccc(C(F)(F)F)c1. The van der Waals surface area contributed by atoms with Crippen LogP contribution in [0.3, 0.4) is 0 Å². The molecule has 0 fully saturated rings. The fourth-order valence-corrected chi connectivity index (χ4v) is 3.43. The molecule has 146 valence electrons. The molecule has 2 rings (SSSR count). The predicted molar refractivity (Wildman–Crippen MR) is 92.9 cm³/mol. The molecule has 6 nitrogen and oxygen atoms in total. The zero-order valence-corrected chi connectivity index (χ0v) is 15.2. The third-order valence-corrected chi connectivity index (χ3v) is 5.10. The summed E-state index contributed by atoms with van der Waals surface area (Å²) in [5.41, 5.74) is -0.772. The molecule has 0 aliphatic rings. The van der Waals surface area contributed by atoms with Crippen molar-refractivity contribution in [2.45, 2.75) is 24.0 Å². The molecule has 0 aliphatic heterocycles. The Bertz CT molecular complexity index is 930. The van der Waals surface area contributed by atoms with E-state index in [9.17, 15) is 26.4 Å². The summed E-state index contributed by atoms with van der Waals surface area (Å²) in [5, 5.41) is 2.50. The first-order valence-corrected chi connectivity index (χ1v) is 9.16. The maximum absolute atomic E-state index is 12.8. The van der Waals surface area contributed by atoms with Gasteiger partial charge in [0.05, 0.1) is 29.3 Å². The van der Waals surface area contributed by atoms with Crippen molar-refractivity contribution in [3.8, 4) is 5.75 Å². The first-order chi connectivity index (χ1) is 12.5. The van der Waals surface area contributed by atoms with Gasteiger partial charge < -0.3 is 10.1 Å². The number of benzene rings is 2. The number of carbonyl (C=O) groups excluding carboxylic acids is 1. The number of anilines is 1. The summed E-state index contributed by atoms with van der Waals surface area (Å²) in [5.74, 6) is -0.325. The van der Waals surface area contributed by atoms with E-state index in [1.54, 1.807) is 24.3 Å². The molecule has 1 amide bonds. The Morgan fingerprint density at radius 2 is 1.78 bits per heavy atom. The van der Waals surface area contributed by atoms with Crippen molar-refractivity contribution in [1.82, 2.24) is 4.72 Å². The third-order valence-electron chi connectivity index (χ3n) is 3.56. The molecule has 1 atom stereocenters. The Labute approximate surface area is 154 Å². The Kier molecular flexibility index (Phi) is 6.11. The number of nitrogens with one attached hydrogen (secondary N) is 2. The van der Waals surface area contributed by atoms with Gasteiger partial charge in [-0.1, -0.05) is 18.2 Å². The maximum Gasteiger partial charge on any atom is 0.416 e. The minimum Gasteiger partial charge on any atom is -0.495 e. The fraction of sp³-hybridized carbons (Fsp3) is 0.235. The van der Waals surface area contributed by atoms with Crippen molar-refractivity contribution in [3.63, 3.8) is 0 Å². The van der Waals surface area contributed by atoms with Crippen molar-refractivity contribution in [1.29, 1.82) is 0 Å². The molecular weight excluding hydrogens is 385 g/mol. The fourth-order valence-electron chi connectivity index (χ4n) is 2.18. The van der Waals surface area contributed by atoms with Crippen molar-refractivity contribution in [2.75, 3.05) is 12.4 Å². The van der Waals surface area contributed by atoms with E-state index in [0.717, 1.165) is 18.2 Å². The molecule has 2 aromatic rings. The number of para-hydroxylation sites is 2. The molecule has 0 saturated carbocycles. The van der Waals surface area contributed by atoms with Gasteiger partial charge in [-0.3, -0.25) is 4.79 Å². The van der Waals surface area contributed by atoms with Crippen molar-refractivity contribution in [3.05, 3.63) is 54.1 Å². The van der Waals surface area contributed by atoms with Crippen LogP contribution >= 0.6 is 0 Å². The van der Waals surface area contributed by atoms with Gasteiger partial charge in [-0.15, -0.1) is 0 Å². The number of rotatable bonds is 6. The first-order valence-electron chi connectivity index (χ1n) is 7.68. The molecule has 2 aromatic carbocycles. The first kappa shape index (κ1) is 20.7. The minimum absolute atomic E-state index is 0.329. The molecule has 0 aliphatic carbocycles. The summed E-state index contributed by atoms with van der Waals surface area (Å²) in [7, 11) is -2.93. The van der Waals surface area contributed by atoms with Crippen LogP contribution < -0.4 is 14.8 Å². The molecule has 1 unspecified atom stereocenters. The average molecular weight is 402 g/mol. The van der Waals surface area contributed by atoms with Gasteiger partial charge in [0.1, 0.15) is 5.75 Å². The van der Waals surface area contributed by atoms with E-state index in [1.807, 2.05) is 0 Å². The van der Waals surface area contributed by atoms with Crippen molar-refractivity contribution < 1.29 is 31.1 Å². The van der Waals surface area contributed by atoms with Gasteiger partial charge in [-0.2, -0.15) is 17.9 Å². The normalized spacial score (nSPS) is 13.1. The average Bonchev–Trinajstić information content (AvgIpc) is 2.61. The van der Waals surface area contributed by atoms with Gasteiger partial charge in [0.25, 0.3) is 0 Å². The van der Waals surface area contributed by atoms with Gasteiger partial charge in [0.2, 0.25) is 15.9 Å². The Balaban J connectivity index is 2.16. The number of amides is 1. The van der Waals surface area contributed by atoms with E-state index in [2.05, 4.69) is 10.0 Å². The van der Waals surface area contributed by atoms with E-state index in [4.69, 9.17) is 4.74 Å². The molecule has 0 saturated heterocycles. The minimum atomic E-state index is -4.68. The van der Waals surface area contributed by atoms with Crippen LogP contribution in [0.4, 0.5) is 18.9 Å². The quantitative estimate of drug-likeness (QED) is 0.778. The molecule has 2 N–H and O–H groups in total. The van der Waals surface area contributed by atoms with Crippen LogP contribution in [0.15, 0.2) is 53.4 Å². The smallest absolute Gasteiger partial charge is 0.416 e. The number of hydrogen-bond donors (Lipinski definition) is 2. The second-order valence-electron chi connectivity index (χ2n) is 5.56. The van der Waals surface area contributed by atoms with E-state index in [1.165, 1.54) is 14.0 Å². The number of methoxy groups -OCH3 is 1. The van der Waals surface area contributed by atoms with Crippen LogP contribution in [-0.2, 0) is 21.0 Å². The third kappa shape index (κ3) is 5.20. The highest BCUT2D eigenvalue weighted by atomic mass is 32.2. The lowest BCUT2D eigenvalue weighted by atomic mass is 10.2. The number of sulfonamides is 1. The highest BCUT2D eigenvalue weighted by Gasteiger charge is 2.32. The molecule has 0 radical (unpaired) electrons. The van der Waals surface area contributed by atoms with Gasteiger partial charge in [0, 0.05) is 0 Å².